The zero-order chi connectivity index (χ0) is 21.0. The van der Waals surface area contributed by atoms with Crippen molar-refractivity contribution in [1.82, 2.24) is 9.78 Å². The number of ether oxygens (including phenoxy) is 3. The van der Waals surface area contributed by atoms with Crippen LogP contribution >= 0.6 is 0 Å². The van der Waals surface area contributed by atoms with Crippen LogP contribution in [0.4, 0.5) is 5.69 Å². The number of aryl methyl sites for hydroxylation is 1. The van der Waals surface area contributed by atoms with Crippen LogP contribution in [0.3, 0.4) is 0 Å². The van der Waals surface area contributed by atoms with Crippen molar-refractivity contribution in [2.24, 2.45) is 7.05 Å². The minimum atomic E-state index is -0.810. The van der Waals surface area contributed by atoms with Crippen molar-refractivity contribution in [3.63, 3.8) is 0 Å². The molecule has 0 aliphatic carbocycles. The molecule has 0 saturated heterocycles. The molecular weight excluding hydrogens is 378 g/mol. The molecule has 3 rings (SSSR count). The number of benzene rings is 2. The maximum absolute atomic E-state index is 12.5. The maximum atomic E-state index is 12.5. The van der Waals surface area contributed by atoms with Gasteiger partial charge in [-0.25, -0.2) is 9.48 Å². The molecule has 150 valence electrons. The van der Waals surface area contributed by atoms with E-state index in [2.05, 4.69) is 10.4 Å². The zero-order valence-corrected chi connectivity index (χ0v) is 16.1. The van der Waals surface area contributed by atoms with Crippen LogP contribution in [0.2, 0.25) is 0 Å². The summed E-state index contributed by atoms with van der Waals surface area (Å²) >= 11 is 0. The highest BCUT2D eigenvalue weighted by Crippen LogP contribution is 2.25. The molecule has 1 N–H and O–H groups in total. The van der Waals surface area contributed by atoms with Crippen LogP contribution in [0.15, 0.2) is 47.3 Å². The van der Waals surface area contributed by atoms with Crippen molar-refractivity contribution in [2.45, 2.75) is 0 Å². The first kappa shape index (κ1) is 19.9. The first-order chi connectivity index (χ1) is 13.9. The number of anilines is 1. The smallest absolute Gasteiger partial charge is 0.359 e. The Balaban J connectivity index is 1.73. The molecule has 1 amide bonds. The van der Waals surface area contributed by atoms with E-state index in [1.807, 2.05) is 0 Å². The Kier molecular flexibility index (Phi) is 5.77. The van der Waals surface area contributed by atoms with Gasteiger partial charge in [-0.2, -0.15) is 5.10 Å². The highest BCUT2D eigenvalue weighted by molar-refractivity contribution is 6.03. The largest absolute Gasteiger partial charge is 0.497 e. The Morgan fingerprint density at radius 2 is 1.66 bits per heavy atom. The van der Waals surface area contributed by atoms with Crippen molar-refractivity contribution in [2.75, 3.05) is 26.1 Å². The van der Waals surface area contributed by atoms with Gasteiger partial charge in [-0.3, -0.25) is 9.59 Å². The summed E-state index contributed by atoms with van der Waals surface area (Å²) < 4.78 is 16.4. The number of esters is 1. The van der Waals surface area contributed by atoms with Gasteiger partial charge in [0.05, 0.1) is 19.6 Å². The molecule has 0 aliphatic rings. The molecule has 3 aromatic rings. The Morgan fingerprint density at radius 3 is 2.28 bits per heavy atom. The summed E-state index contributed by atoms with van der Waals surface area (Å²) in [7, 11) is 4.42. The molecule has 0 fully saturated rings. The lowest BCUT2D eigenvalue weighted by atomic mass is 10.1. The number of hydrogen-bond donors (Lipinski definition) is 1. The van der Waals surface area contributed by atoms with Crippen molar-refractivity contribution < 1.29 is 23.8 Å². The van der Waals surface area contributed by atoms with E-state index in [4.69, 9.17) is 14.2 Å². The predicted molar refractivity (Wildman–Crippen MR) is 105 cm³/mol. The van der Waals surface area contributed by atoms with Crippen LogP contribution in [0.25, 0.3) is 10.8 Å². The van der Waals surface area contributed by atoms with Crippen LogP contribution in [-0.2, 0) is 16.6 Å². The van der Waals surface area contributed by atoms with Crippen molar-refractivity contribution in [1.29, 1.82) is 0 Å². The molecule has 1 aromatic heterocycles. The molecule has 0 radical (unpaired) electrons. The van der Waals surface area contributed by atoms with Gasteiger partial charge in [-0.05, 0) is 6.07 Å². The highest BCUT2D eigenvalue weighted by Gasteiger charge is 2.18. The number of nitrogens with zero attached hydrogens (tertiary/aromatic N) is 2. The highest BCUT2D eigenvalue weighted by atomic mass is 16.5. The van der Waals surface area contributed by atoms with Gasteiger partial charge in [0, 0.05) is 36.3 Å². The third-order valence-corrected chi connectivity index (χ3v) is 4.12. The number of fused-ring (bicyclic) bond motifs is 1. The number of carbonyl (C=O) groups excluding carboxylic acids is 2. The zero-order valence-electron chi connectivity index (χ0n) is 16.1. The molecular formula is C20H19N3O6. The van der Waals surface area contributed by atoms with Gasteiger partial charge in [0.25, 0.3) is 11.5 Å². The van der Waals surface area contributed by atoms with Crippen molar-refractivity contribution in [3.8, 4) is 11.5 Å². The maximum Gasteiger partial charge on any atom is 0.359 e. The van der Waals surface area contributed by atoms with E-state index in [0.717, 1.165) is 4.68 Å². The molecule has 9 heteroatoms. The quantitative estimate of drug-likeness (QED) is 0.631. The monoisotopic (exact) mass is 397 g/mol. The summed E-state index contributed by atoms with van der Waals surface area (Å²) in [6, 6.07) is 11.4. The molecule has 2 aromatic carbocycles. The van der Waals surface area contributed by atoms with Crippen molar-refractivity contribution in [3.05, 3.63) is 58.5 Å². The first-order valence-electron chi connectivity index (χ1n) is 8.59. The van der Waals surface area contributed by atoms with Gasteiger partial charge in [-0.15, -0.1) is 0 Å². The van der Waals surface area contributed by atoms with Crippen LogP contribution < -0.4 is 20.3 Å². The molecule has 0 atom stereocenters. The third kappa shape index (κ3) is 4.34. The number of aromatic nitrogens is 2. The lowest BCUT2D eigenvalue weighted by Crippen LogP contribution is -2.26. The first-order valence-corrected chi connectivity index (χ1v) is 8.59. The van der Waals surface area contributed by atoms with Crippen LogP contribution in [0, 0.1) is 0 Å². The number of nitrogens with one attached hydrogen (secondary N) is 1. The molecule has 29 heavy (non-hydrogen) atoms. The molecule has 0 spiro atoms. The average molecular weight is 397 g/mol. The van der Waals surface area contributed by atoms with E-state index in [0.29, 0.717) is 28.0 Å². The number of amides is 1. The Morgan fingerprint density at radius 1 is 1.03 bits per heavy atom. The molecule has 0 saturated carbocycles. The van der Waals surface area contributed by atoms with E-state index >= 15 is 0 Å². The second-order valence-corrected chi connectivity index (χ2v) is 6.05. The van der Waals surface area contributed by atoms with Gasteiger partial charge in [-0.1, -0.05) is 18.2 Å². The second-order valence-electron chi connectivity index (χ2n) is 6.05. The van der Waals surface area contributed by atoms with Gasteiger partial charge < -0.3 is 19.5 Å². The SMILES string of the molecule is COc1cc(NC(=O)COC(=O)c2nn(C)c(=O)c3ccccc23)cc(OC)c1. The van der Waals surface area contributed by atoms with E-state index in [1.54, 1.807) is 42.5 Å². The van der Waals surface area contributed by atoms with E-state index in [1.165, 1.54) is 21.3 Å². The summed E-state index contributed by atoms with van der Waals surface area (Å²) in [6.07, 6.45) is 0. The predicted octanol–water partition coefficient (Wildman–Crippen LogP) is 1.75. The Labute approximate surface area is 165 Å². The average Bonchev–Trinajstić information content (AvgIpc) is 2.74. The number of rotatable bonds is 6. The number of methoxy groups -OCH3 is 2. The summed E-state index contributed by atoms with van der Waals surface area (Å²) in [5.74, 6) is -0.368. The number of carbonyl (C=O) groups is 2. The van der Waals surface area contributed by atoms with E-state index < -0.39 is 18.5 Å². The molecule has 0 aliphatic heterocycles. The molecule has 9 nitrogen and oxygen atoms in total. The molecule has 1 heterocycles. The minimum absolute atomic E-state index is 0.0430. The van der Waals surface area contributed by atoms with E-state index in [9.17, 15) is 14.4 Å². The molecule has 0 bridgehead atoms. The third-order valence-electron chi connectivity index (χ3n) is 4.12. The van der Waals surface area contributed by atoms with E-state index in [-0.39, 0.29) is 11.3 Å². The summed E-state index contributed by atoms with van der Waals surface area (Å²) in [4.78, 5) is 36.8. The van der Waals surface area contributed by atoms with Gasteiger partial charge in [0.1, 0.15) is 11.5 Å². The summed E-state index contributed by atoms with van der Waals surface area (Å²) in [5, 5.41) is 7.27. The number of hydrogen-bond acceptors (Lipinski definition) is 7. The summed E-state index contributed by atoms with van der Waals surface area (Å²) in [5.41, 5.74) is 0.0494. The fourth-order valence-electron chi connectivity index (χ4n) is 2.73. The van der Waals surface area contributed by atoms with Gasteiger partial charge >= 0.3 is 5.97 Å². The topological polar surface area (TPSA) is 109 Å². The fourth-order valence-corrected chi connectivity index (χ4v) is 2.73. The lowest BCUT2D eigenvalue weighted by Gasteiger charge is -2.11. The standard InChI is InChI=1S/C20H19N3O6/c1-23-19(25)16-7-5-4-6-15(16)18(22-23)20(26)29-11-17(24)21-12-8-13(27-2)10-14(9-12)28-3/h4-10H,11H2,1-3H3,(H,21,24). The second kappa shape index (κ2) is 8.42. The normalized spacial score (nSPS) is 10.4. The van der Waals surface area contributed by atoms with Crippen LogP contribution in [0.5, 0.6) is 11.5 Å². The molecule has 0 unspecified atom stereocenters. The van der Waals surface area contributed by atoms with Crippen LogP contribution in [0.1, 0.15) is 10.5 Å². The van der Waals surface area contributed by atoms with Gasteiger partial charge in [0.15, 0.2) is 12.3 Å². The fraction of sp³-hybridized carbons (Fsp3) is 0.200. The van der Waals surface area contributed by atoms with Crippen molar-refractivity contribution >= 4 is 28.3 Å². The Bertz CT molecular complexity index is 1120. The van der Waals surface area contributed by atoms with Gasteiger partial charge in [0.2, 0.25) is 0 Å². The lowest BCUT2D eigenvalue weighted by molar-refractivity contribution is -0.119. The summed E-state index contributed by atoms with van der Waals surface area (Å²) in [6.45, 7) is -0.531. The van der Waals surface area contributed by atoms with Crippen LogP contribution in [-0.4, -0.2) is 42.5 Å². The Hall–Kier alpha value is -3.88. The minimum Gasteiger partial charge on any atom is -0.497 e.